The van der Waals surface area contributed by atoms with Crippen LogP contribution in [0.25, 0.3) is 0 Å². The quantitative estimate of drug-likeness (QED) is 0.842. The van der Waals surface area contributed by atoms with E-state index in [9.17, 15) is 18.0 Å². The number of nitrogens with one attached hydrogen (secondary N) is 1. The number of hydrogen-bond donors (Lipinski definition) is 1. The Hall–Kier alpha value is -1.21. The Bertz CT molecular complexity index is 522. The monoisotopic (exact) mass is 332 g/mol. The summed E-state index contributed by atoms with van der Waals surface area (Å²) in [5.41, 5.74) is -1.73. The van der Waals surface area contributed by atoms with Crippen LogP contribution in [0, 0.1) is 0 Å². The van der Waals surface area contributed by atoms with Crippen molar-refractivity contribution in [3.63, 3.8) is 0 Å². The lowest BCUT2D eigenvalue weighted by molar-refractivity contribution is -0.126. The number of rotatable bonds is 5. The Morgan fingerprint density at radius 3 is 2.73 bits per heavy atom. The van der Waals surface area contributed by atoms with Crippen molar-refractivity contribution >= 4 is 17.7 Å². The Morgan fingerprint density at radius 1 is 1.36 bits per heavy atom. The Labute approximate surface area is 132 Å². The van der Waals surface area contributed by atoms with E-state index in [4.69, 9.17) is 0 Å². The molecule has 1 aromatic carbocycles. The largest absolute Gasteiger partial charge is 0.441 e. The third-order valence-corrected chi connectivity index (χ3v) is 4.49. The van der Waals surface area contributed by atoms with Gasteiger partial charge in [0.05, 0.1) is 6.04 Å². The molecule has 1 heterocycles. The van der Waals surface area contributed by atoms with Gasteiger partial charge >= 0.3 is 5.51 Å². The van der Waals surface area contributed by atoms with E-state index in [0.29, 0.717) is 6.54 Å². The number of fused-ring (bicyclic) bond motifs is 1. The lowest BCUT2D eigenvalue weighted by atomic mass is 9.99. The minimum atomic E-state index is -4.24. The van der Waals surface area contributed by atoms with Crippen LogP contribution in [0.2, 0.25) is 0 Å². The smallest absolute Gasteiger partial charge is 0.354 e. The summed E-state index contributed by atoms with van der Waals surface area (Å²) in [5, 5.41) is 2.57. The van der Waals surface area contributed by atoms with E-state index >= 15 is 0 Å². The molecule has 7 heteroatoms. The first-order chi connectivity index (χ1) is 10.4. The molecule has 0 saturated heterocycles. The molecule has 0 fully saturated rings. The minimum absolute atomic E-state index is 0.0256. The second-order valence-corrected chi connectivity index (χ2v) is 6.41. The van der Waals surface area contributed by atoms with Gasteiger partial charge in [-0.2, -0.15) is 13.2 Å². The van der Waals surface area contributed by atoms with Crippen LogP contribution in [-0.2, 0) is 17.8 Å². The van der Waals surface area contributed by atoms with Gasteiger partial charge in [-0.3, -0.25) is 9.69 Å². The van der Waals surface area contributed by atoms with Gasteiger partial charge in [-0.1, -0.05) is 24.3 Å². The van der Waals surface area contributed by atoms with Crippen molar-refractivity contribution in [1.29, 1.82) is 0 Å². The molecule has 0 aliphatic carbocycles. The van der Waals surface area contributed by atoms with Crippen molar-refractivity contribution in [1.82, 2.24) is 10.2 Å². The molecule has 0 aromatic heterocycles. The number of alkyl halides is 3. The van der Waals surface area contributed by atoms with Gasteiger partial charge in [0.25, 0.3) is 0 Å². The van der Waals surface area contributed by atoms with Crippen LogP contribution in [0.5, 0.6) is 0 Å². The van der Waals surface area contributed by atoms with Gasteiger partial charge in [0, 0.05) is 25.4 Å². The van der Waals surface area contributed by atoms with Gasteiger partial charge in [0.15, 0.2) is 0 Å². The first kappa shape index (κ1) is 17.1. The molecule has 122 valence electrons. The highest BCUT2D eigenvalue weighted by molar-refractivity contribution is 8.00. The van der Waals surface area contributed by atoms with Gasteiger partial charge < -0.3 is 5.32 Å². The van der Waals surface area contributed by atoms with Gasteiger partial charge in [0.2, 0.25) is 5.91 Å². The summed E-state index contributed by atoms with van der Waals surface area (Å²) in [6.45, 7) is 3.29. The number of thioether (sulfide) groups is 1. The summed E-state index contributed by atoms with van der Waals surface area (Å²) >= 11 is -0.115. The predicted octanol–water partition coefficient (Wildman–Crippen LogP) is 2.80. The maximum Gasteiger partial charge on any atom is 0.441 e. The highest BCUT2D eigenvalue weighted by Gasteiger charge is 2.28. The zero-order valence-electron chi connectivity index (χ0n) is 12.3. The van der Waals surface area contributed by atoms with Crippen molar-refractivity contribution in [3.05, 3.63) is 35.4 Å². The highest BCUT2D eigenvalue weighted by atomic mass is 32.2. The van der Waals surface area contributed by atoms with Crippen molar-refractivity contribution < 1.29 is 18.0 Å². The fourth-order valence-electron chi connectivity index (χ4n) is 2.50. The molecule has 1 unspecified atom stereocenters. The van der Waals surface area contributed by atoms with Crippen LogP contribution < -0.4 is 5.32 Å². The summed E-state index contributed by atoms with van der Waals surface area (Å²) in [6.07, 6.45) is 0.887. The van der Waals surface area contributed by atoms with Crippen LogP contribution in [0.3, 0.4) is 0 Å². The molecule has 22 heavy (non-hydrogen) atoms. The second kappa shape index (κ2) is 7.37. The van der Waals surface area contributed by atoms with Crippen LogP contribution >= 0.6 is 11.8 Å². The number of amides is 1. The van der Waals surface area contributed by atoms with E-state index in [0.717, 1.165) is 13.0 Å². The standard InChI is InChI=1S/C15H19F3N2OS/c1-11(14(21)19-7-9-22-15(16,17)18)20-8-6-12-4-2-3-5-13(12)10-20/h2-5,11H,6-10H2,1H3,(H,19,21). The molecule has 2 rings (SSSR count). The van der Waals surface area contributed by atoms with E-state index < -0.39 is 5.51 Å². The molecule has 0 bridgehead atoms. The number of carbonyl (C=O) groups excluding carboxylic acids is 1. The molecule has 1 atom stereocenters. The van der Waals surface area contributed by atoms with Gasteiger partial charge in [-0.15, -0.1) is 0 Å². The molecule has 0 spiro atoms. The minimum Gasteiger partial charge on any atom is -0.354 e. The van der Waals surface area contributed by atoms with E-state index in [2.05, 4.69) is 16.3 Å². The summed E-state index contributed by atoms with van der Waals surface area (Å²) in [5.74, 6) is -0.382. The lowest BCUT2D eigenvalue weighted by Gasteiger charge is -2.32. The molecule has 3 nitrogen and oxygen atoms in total. The maximum absolute atomic E-state index is 12.0. The number of halogens is 3. The summed E-state index contributed by atoms with van der Waals surface area (Å²) in [7, 11) is 0. The molecule has 1 aliphatic rings. The Morgan fingerprint density at radius 2 is 2.05 bits per heavy atom. The third-order valence-electron chi connectivity index (χ3n) is 3.75. The molecule has 1 N–H and O–H groups in total. The van der Waals surface area contributed by atoms with Crippen LogP contribution in [0.15, 0.2) is 24.3 Å². The SMILES string of the molecule is CC(C(=O)NCCSC(F)(F)F)N1CCc2ccccc2C1. The second-order valence-electron chi connectivity index (χ2n) is 5.25. The first-order valence-corrected chi connectivity index (χ1v) is 8.14. The summed E-state index contributed by atoms with van der Waals surface area (Å²) in [6, 6.07) is 7.77. The number of carbonyl (C=O) groups is 1. The van der Waals surface area contributed by atoms with Crippen LogP contribution in [0.1, 0.15) is 18.1 Å². The zero-order chi connectivity index (χ0) is 16.2. The van der Waals surface area contributed by atoms with E-state index in [1.54, 1.807) is 6.92 Å². The first-order valence-electron chi connectivity index (χ1n) is 7.16. The van der Waals surface area contributed by atoms with Crippen molar-refractivity contribution in [3.8, 4) is 0 Å². The third kappa shape index (κ3) is 4.91. The lowest BCUT2D eigenvalue weighted by Crippen LogP contribution is -2.47. The fourth-order valence-corrected chi connectivity index (χ4v) is 2.94. The molecule has 1 aromatic rings. The average Bonchev–Trinajstić information content (AvgIpc) is 2.49. The predicted molar refractivity (Wildman–Crippen MR) is 81.5 cm³/mol. The molecule has 1 aliphatic heterocycles. The number of nitrogens with zero attached hydrogens (tertiary/aromatic N) is 1. The molecule has 1 amide bonds. The zero-order valence-corrected chi connectivity index (χ0v) is 13.1. The fraction of sp³-hybridized carbons (Fsp3) is 0.533. The Kier molecular flexibility index (Phi) is 5.74. The van der Waals surface area contributed by atoms with Crippen molar-refractivity contribution in [2.24, 2.45) is 0 Å². The van der Waals surface area contributed by atoms with E-state index in [-0.39, 0.29) is 36.0 Å². The van der Waals surface area contributed by atoms with Crippen LogP contribution in [-0.4, -0.2) is 41.2 Å². The van der Waals surface area contributed by atoms with E-state index in [1.165, 1.54) is 11.1 Å². The number of benzene rings is 1. The summed E-state index contributed by atoms with van der Waals surface area (Å²) < 4.78 is 36.0. The van der Waals surface area contributed by atoms with Crippen LogP contribution in [0.4, 0.5) is 13.2 Å². The Balaban J connectivity index is 1.79. The summed E-state index contributed by atoms with van der Waals surface area (Å²) in [4.78, 5) is 14.1. The van der Waals surface area contributed by atoms with Crippen molar-refractivity contribution in [2.45, 2.75) is 31.4 Å². The number of hydrogen-bond acceptors (Lipinski definition) is 3. The molecule has 0 radical (unpaired) electrons. The maximum atomic E-state index is 12.0. The van der Waals surface area contributed by atoms with Gasteiger partial charge in [0.1, 0.15) is 0 Å². The van der Waals surface area contributed by atoms with Gasteiger partial charge in [-0.25, -0.2) is 0 Å². The van der Waals surface area contributed by atoms with E-state index in [1.807, 2.05) is 18.2 Å². The van der Waals surface area contributed by atoms with Gasteiger partial charge in [-0.05, 0) is 36.2 Å². The normalized spacial score (nSPS) is 16.9. The molecular weight excluding hydrogens is 313 g/mol. The van der Waals surface area contributed by atoms with Crippen molar-refractivity contribution in [2.75, 3.05) is 18.8 Å². The highest BCUT2D eigenvalue weighted by Crippen LogP contribution is 2.29. The topological polar surface area (TPSA) is 32.3 Å². The average molecular weight is 332 g/mol. The molecular formula is C15H19F3N2OS. The molecule has 0 saturated carbocycles.